The molecule has 0 saturated carbocycles. The Bertz CT molecular complexity index is 1220. The van der Waals surface area contributed by atoms with Crippen LogP contribution in [0.25, 0.3) is 27.7 Å². The molecule has 1 nitrogen and oxygen atoms in total. The SMILES string of the molecule is CC1(C)c2ccccc2-c2cc3c(cc21)c1c(n3-c2ccccc2)CCCC1. The fraction of sp³-hybridized carbons (Fsp3) is 0.259. The lowest BCUT2D eigenvalue weighted by Crippen LogP contribution is -2.14. The molecule has 0 saturated heterocycles. The molecule has 2 aliphatic rings. The maximum Gasteiger partial charge on any atom is 0.0540 e. The van der Waals surface area contributed by atoms with Crippen molar-refractivity contribution in [3.63, 3.8) is 0 Å². The summed E-state index contributed by atoms with van der Waals surface area (Å²) in [6.45, 7) is 4.76. The van der Waals surface area contributed by atoms with Crippen molar-refractivity contribution in [3.05, 3.63) is 89.1 Å². The normalized spacial score (nSPS) is 16.6. The second-order valence-electron chi connectivity index (χ2n) is 8.89. The molecule has 6 rings (SSSR count). The van der Waals surface area contributed by atoms with Gasteiger partial charge in [-0.3, -0.25) is 0 Å². The zero-order valence-corrected chi connectivity index (χ0v) is 16.6. The number of aromatic nitrogens is 1. The monoisotopic (exact) mass is 363 g/mol. The Kier molecular flexibility index (Phi) is 3.24. The predicted octanol–water partition coefficient (Wildman–Crippen LogP) is 6.82. The molecule has 1 aromatic heterocycles. The van der Waals surface area contributed by atoms with Gasteiger partial charge in [0.05, 0.1) is 5.52 Å². The molecule has 0 N–H and O–H groups in total. The van der Waals surface area contributed by atoms with Gasteiger partial charge in [-0.15, -0.1) is 0 Å². The molecule has 0 radical (unpaired) electrons. The van der Waals surface area contributed by atoms with E-state index in [1.165, 1.54) is 70.2 Å². The van der Waals surface area contributed by atoms with E-state index in [1.54, 1.807) is 5.56 Å². The van der Waals surface area contributed by atoms with Crippen LogP contribution in [0.15, 0.2) is 66.7 Å². The van der Waals surface area contributed by atoms with Gasteiger partial charge in [-0.2, -0.15) is 0 Å². The molecular formula is C27H25N. The first-order valence-corrected chi connectivity index (χ1v) is 10.5. The van der Waals surface area contributed by atoms with Gasteiger partial charge in [-0.1, -0.05) is 56.3 Å². The van der Waals surface area contributed by atoms with E-state index in [4.69, 9.17) is 0 Å². The molecule has 138 valence electrons. The number of aryl methyl sites for hydroxylation is 1. The molecule has 1 heterocycles. The number of fused-ring (bicyclic) bond motifs is 6. The van der Waals surface area contributed by atoms with Crippen LogP contribution in [0.1, 0.15) is 49.1 Å². The quantitative estimate of drug-likeness (QED) is 0.350. The third-order valence-electron chi connectivity index (χ3n) is 6.99. The summed E-state index contributed by atoms with van der Waals surface area (Å²) in [5.41, 5.74) is 11.6. The van der Waals surface area contributed by atoms with Crippen LogP contribution in [0.2, 0.25) is 0 Å². The molecular weight excluding hydrogens is 338 g/mol. The van der Waals surface area contributed by atoms with Crippen LogP contribution in [-0.2, 0) is 18.3 Å². The molecule has 0 aliphatic heterocycles. The fourth-order valence-electron chi connectivity index (χ4n) is 5.61. The predicted molar refractivity (Wildman–Crippen MR) is 117 cm³/mol. The van der Waals surface area contributed by atoms with Crippen molar-refractivity contribution >= 4 is 10.9 Å². The molecule has 1 heteroatoms. The summed E-state index contributed by atoms with van der Waals surface area (Å²) >= 11 is 0. The molecule has 0 spiro atoms. The topological polar surface area (TPSA) is 4.93 Å². The number of nitrogens with zero attached hydrogens (tertiary/aromatic N) is 1. The summed E-state index contributed by atoms with van der Waals surface area (Å²) < 4.78 is 2.54. The van der Waals surface area contributed by atoms with E-state index in [-0.39, 0.29) is 5.41 Å². The molecule has 2 aliphatic carbocycles. The lowest BCUT2D eigenvalue weighted by atomic mass is 9.82. The zero-order valence-electron chi connectivity index (χ0n) is 16.6. The Morgan fingerprint density at radius 1 is 0.750 bits per heavy atom. The third-order valence-corrected chi connectivity index (χ3v) is 6.99. The van der Waals surface area contributed by atoms with Crippen molar-refractivity contribution in [2.24, 2.45) is 0 Å². The Morgan fingerprint density at radius 2 is 1.50 bits per heavy atom. The molecule has 28 heavy (non-hydrogen) atoms. The number of hydrogen-bond acceptors (Lipinski definition) is 0. The highest BCUT2D eigenvalue weighted by molar-refractivity contribution is 5.96. The smallest absolute Gasteiger partial charge is 0.0540 e. The first kappa shape index (κ1) is 16.2. The third kappa shape index (κ3) is 2.02. The number of hydrogen-bond donors (Lipinski definition) is 0. The largest absolute Gasteiger partial charge is 0.313 e. The van der Waals surface area contributed by atoms with Crippen LogP contribution in [0.4, 0.5) is 0 Å². The Morgan fingerprint density at radius 3 is 2.36 bits per heavy atom. The molecule has 0 atom stereocenters. The van der Waals surface area contributed by atoms with E-state index >= 15 is 0 Å². The van der Waals surface area contributed by atoms with Crippen LogP contribution in [0, 0.1) is 0 Å². The maximum absolute atomic E-state index is 2.54. The fourth-order valence-corrected chi connectivity index (χ4v) is 5.61. The summed E-state index contributed by atoms with van der Waals surface area (Å²) in [6.07, 6.45) is 4.99. The van der Waals surface area contributed by atoms with E-state index < -0.39 is 0 Å². The van der Waals surface area contributed by atoms with Gasteiger partial charge in [0.15, 0.2) is 0 Å². The van der Waals surface area contributed by atoms with E-state index in [1.807, 2.05) is 0 Å². The lowest BCUT2D eigenvalue weighted by Gasteiger charge is -2.21. The second-order valence-corrected chi connectivity index (χ2v) is 8.89. The van der Waals surface area contributed by atoms with Crippen LogP contribution in [-0.4, -0.2) is 4.57 Å². The lowest BCUT2D eigenvalue weighted by molar-refractivity contribution is 0.660. The van der Waals surface area contributed by atoms with Crippen molar-refractivity contribution in [2.45, 2.75) is 44.9 Å². The van der Waals surface area contributed by atoms with Crippen molar-refractivity contribution in [2.75, 3.05) is 0 Å². The molecule has 0 fully saturated rings. The van der Waals surface area contributed by atoms with Crippen molar-refractivity contribution in [1.82, 2.24) is 4.57 Å². The van der Waals surface area contributed by atoms with Crippen LogP contribution < -0.4 is 0 Å². The highest BCUT2D eigenvalue weighted by atomic mass is 15.0. The Labute approximate surface area is 166 Å². The van der Waals surface area contributed by atoms with Gasteiger partial charge < -0.3 is 4.57 Å². The van der Waals surface area contributed by atoms with Gasteiger partial charge in [-0.05, 0) is 77.8 Å². The summed E-state index contributed by atoms with van der Waals surface area (Å²) in [5.74, 6) is 0. The minimum atomic E-state index is 0.0660. The van der Waals surface area contributed by atoms with Gasteiger partial charge in [0, 0.05) is 22.2 Å². The molecule has 0 bridgehead atoms. The van der Waals surface area contributed by atoms with Gasteiger partial charge in [0.1, 0.15) is 0 Å². The highest BCUT2D eigenvalue weighted by Crippen LogP contribution is 2.51. The van der Waals surface area contributed by atoms with E-state index in [9.17, 15) is 0 Å². The minimum Gasteiger partial charge on any atom is -0.313 e. The van der Waals surface area contributed by atoms with E-state index in [2.05, 4.69) is 85.1 Å². The first-order chi connectivity index (χ1) is 13.7. The molecule has 4 aromatic rings. The number of benzene rings is 3. The Hall–Kier alpha value is -2.80. The first-order valence-electron chi connectivity index (χ1n) is 10.5. The van der Waals surface area contributed by atoms with Crippen LogP contribution in [0.5, 0.6) is 0 Å². The van der Waals surface area contributed by atoms with Gasteiger partial charge in [0.25, 0.3) is 0 Å². The highest BCUT2D eigenvalue weighted by Gasteiger charge is 2.36. The summed E-state index contributed by atoms with van der Waals surface area (Å²) in [5, 5.41) is 1.47. The maximum atomic E-state index is 2.54. The Balaban J connectivity index is 1.74. The van der Waals surface area contributed by atoms with Crippen LogP contribution >= 0.6 is 0 Å². The van der Waals surface area contributed by atoms with E-state index in [0.29, 0.717) is 0 Å². The van der Waals surface area contributed by atoms with E-state index in [0.717, 1.165) is 0 Å². The number of para-hydroxylation sites is 1. The van der Waals surface area contributed by atoms with Gasteiger partial charge >= 0.3 is 0 Å². The molecule has 0 unspecified atom stereocenters. The summed E-state index contributed by atoms with van der Waals surface area (Å²) in [4.78, 5) is 0. The second kappa shape index (κ2) is 5.61. The summed E-state index contributed by atoms with van der Waals surface area (Å²) in [6, 6.07) is 24.9. The molecule has 3 aromatic carbocycles. The van der Waals surface area contributed by atoms with Crippen molar-refractivity contribution in [1.29, 1.82) is 0 Å². The number of rotatable bonds is 1. The zero-order chi connectivity index (χ0) is 18.9. The van der Waals surface area contributed by atoms with Crippen molar-refractivity contribution < 1.29 is 0 Å². The molecule has 0 amide bonds. The average Bonchev–Trinajstić information content (AvgIpc) is 3.17. The average molecular weight is 364 g/mol. The van der Waals surface area contributed by atoms with Gasteiger partial charge in [-0.25, -0.2) is 0 Å². The summed E-state index contributed by atoms with van der Waals surface area (Å²) in [7, 11) is 0. The minimum absolute atomic E-state index is 0.0660. The standard InChI is InChI=1S/C27H25N/c1-27(2)23-14-8-6-12-19(23)21-17-26-22(16-24(21)27)20-13-7-9-15-25(20)28(26)18-10-4-3-5-11-18/h3-6,8,10-12,14,16-17H,7,9,13,15H2,1-2H3. The van der Waals surface area contributed by atoms with Crippen molar-refractivity contribution in [3.8, 4) is 16.8 Å². The van der Waals surface area contributed by atoms with Gasteiger partial charge in [0.2, 0.25) is 0 Å². The van der Waals surface area contributed by atoms with Crippen LogP contribution in [0.3, 0.4) is 0 Å².